The molecule has 0 aliphatic carbocycles. The van der Waals surface area contributed by atoms with Crippen molar-refractivity contribution in [2.24, 2.45) is 0 Å². The monoisotopic (exact) mass is 463 g/mol. The number of halogens is 1. The number of thiophene rings is 1. The van der Waals surface area contributed by atoms with Gasteiger partial charge in [0.05, 0.1) is 39.5 Å². The van der Waals surface area contributed by atoms with E-state index >= 15 is 0 Å². The predicted octanol–water partition coefficient (Wildman–Crippen LogP) is 4.42. The fraction of sp³-hybridized carbons (Fsp3) is 0.111. The fourth-order valence-corrected chi connectivity index (χ4v) is 4.02. The average molecular weight is 464 g/mol. The normalized spacial score (nSPS) is 10.4. The Bertz CT molecular complexity index is 992. The zero-order valence-corrected chi connectivity index (χ0v) is 16.9. The van der Waals surface area contributed by atoms with Gasteiger partial charge in [-0.1, -0.05) is 30.3 Å². The summed E-state index contributed by atoms with van der Waals surface area (Å²) in [4.78, 5) is 32.5. The Morgan fingerprint density at radius 1 is 1.21 bits per heavy atom. The standard InChI is InChI=1S/C18H14BrN3O5S/c1-26-12-8-20-11(7-21-12)15-13(17(23)24)14(16(19)28-15)22-18(25)27-9-10-5-3-2-4-6-10/h2-8H,9H2,1H3,(H,22,25)(H,23,24). The number of nitrogens with zero attached hydrogens (tertiary/aromatic N) is 2. The lowest BCUT2D eigenvalue weighted by molar-refractivity contribution is 0.0699. The second kappa shape index (κ2) is 8.81. The summed E-state index contributed by atoms with van der Waals surface area (Å²) in [6, 6.07) is 9.15. The fourth-order valence-electron chi connectivity index (χ4n) is 2.30. The number of amides is 1. The highest BCUT2D eigenvalue weighted by atomic mass is 79.9. The molecule has 0 bridgehead atoms. The van der Waals surface area contributed by atoms with Crippen LogP contribution in [0.25, 0.3) is 10.6 Å². The van der Waals surface area contributed by atoms with Crippen LogP contribution in [0.2, 0.25) is 0 Å². The summed E-state index contributed by atoms with van der Waals surface area (Å²) in [7, 11) is 1.46. The van der Waals surface area contributed by atoms with E-state index in [1.54, 1.807) is 0 Å². The van der Waals surface area contributed by atoms with Crippen molar-refractivity contribution >= 4 is 45.0 Å². The molecule has 0 unspecified atom stereocenters. The quantitative estimate of drug-likeness (QED) is 0.556. The number of aromatic carboxylic acids is 1. The van der Waals surface area contributed by atoms with Crippen molar-refractivity contribution in [1.82, 2.24) is 9.97 Å². The molecule has 1 aromatic carbocycles. The first-order valence-electron chi connectivity index (χ1n) is 7.89. The van der Waals surface area contributed by atoms with E-state index in [0.29, 0.717) is 20.2 Å². The van der Waals surface area contributed by atoms with Gasteiger partial charge >= 0.3 is 12.1 Å². The molecule has 0 aliphatic heterocycles. The van der Waals surface area contributed by atoms with E-state index in [0.717, 1.165) is 16.9 Å². The van der Waals surface area contributed by atoms with Crippen molar-refractivity contribution in [3.8, 4) is 16.5 Å². The van der Waals surface area contributed by atoms with Crippen LogP contribution >= 0.6 is 27.3 Å². The molecule has 28 heavy (non-hydrogen) atoms. The summed E-state index contributed by atoms with van der Waals surface area (Å²) < 4.78 is 10.5. The molecule has 0 radical (unpaired) electrons. The predicted molar refractivity (Wildman–Crippen MR) is 107 cm³/mol. The van der Waals surface area contributed by atoms with Gasteiger partial charge in [-0.2, -0.15) is 0 Å². The van der Waals surface area contributed by atoms with Crippen molar-refractivity contribution in [2.45, 2.75) is 6.61 Å². The van der Waals surface area contributed by atoms with Crippen LogP contribution in [0, 0.1) is 0 Å². The Morgan fingerprint density at radius 2 is 1.96 bits per heavy atom. The van der Waals surface area contributed by atoms with Crippen molar-refractivity contribution < 1.29 is 24.2 Å². The second-order valence-electron chi connectivity index (χ2n) is 5.39. The molecular formula is C18H14BrN3O5S. The number of rotatable bonds is 6. The van der Waals surface area contributed by atoms with Crippen LogP contribution in [-0.4, -0.2) is 34.2 Å². The van der Waals surface area contributed by atoms with Crippen LogP contribution < -0.4 is 10.1 Å². The van der Waals surface area contributed by atoms with Crippen LogP contribution in [0.5, 0.6) is 5.88 Å². The number of carboxylic acid groups (broad SMARTS) is 1. The third-order valence-corrected chi connectivity index (χ3v) is 5.47. The number of hydrogen-bond donors (Lipinski definition) is 2. The van der Waals surface area contributed by atoms with Gasteiger partial charge in [-0.25, -0.2) is 19.6 Å². The molecule has 2 heterocycles. The minimum atomic E-state index is -1.21. The summed E-state index contributed by atoms with van der Waals surface area (Å²) >= 11 is 4.41. The molecule has 2 N–H and O–H groups in total. The summed E-state index contributed by atoms with van der Waals surface area (Å²) in [5.74, 6) is -0.910. The van der Waals surface area contributed by atoms with E-state index in [2.05, 4.69) is 31.2 Å². The first-order chi connectivity index (χ1) is 13.5. The minimum absolute atomic E-state index is 0.0631. The number of aromatic nitrogens is 2. The van der Waals surface area contributed by atoms with Crippen molar-refractivity contribution in [1.29, 1.82) is 0 Å². The molecule has 0 saturated carbocycles. The van der Waals surface area contributed by atoms with E-state index in [1.165, 1.54) is 19.5 Å². The number of methoxy groups -OCH3 is 1. The van der Waals surface area contributed by atoms with Gasteiger partial charge in [0, 0.05) is 0 Å². The number of benzene rings is 1. The highest BCUT2D eigenvalue weighted by Crippen LogP contribution is 2.43. The maximum Gasteiger partial charge on any atom is 0.412 e. The Balaban J connectivity index is 1.83. The van der Waals surface area contributed by atoms with Gasteiger partial charge in [0.25, 0.3) is 0 Å². The van der Waals surface area contributed by atoms with Gasteiger partial charge in [0.15, 0.2) is 0 Å². The maximum absolute atomic E-state index is 12.2. The zero-order valence-electron chi connectivity index (χ0n) is 14.5. The zero-order chi connectivity index (χ0) is 20.1. The number of ether oxygens (including phenoxy) is 2. The molecule has 0 fully saturated rings. The van der Waals surface area contributed by atoms with Crippen LogP contribution in [-0.2, 0) is 11.3 Å². The molecule has 0 atom stereocenters. The number of hydrogen-bond acceptors (Lipinski definition) is 7. The van der Waals surface area contributed by atoms with Gasteiger partial charge < -0.3 is 14.6 Å². The lowest BCUT2D eigenvalue weighted by Crippen LogP contribution is -2.15. The van der Waals surface area contributed by atoms with Crippen LogP contribution in [0.4, 0.5) is 10.5 Å². The third kappa shape index (κ3) is 4.46. The topological polar surface area (TPSA) is 111 Å². The lowest BCUT2D eigenvalue weighted by Gasteiger charge is -2.08. The SMILES string of the molecule is COc1cnc(-c2sc(Br)c(NC(=O)OCc3ccccc3)c2C(=O)O)cn1. The smallest absolute Gasteiger partial charge is 0.412 e. The molecule has 144 valence electrons. The number of carbonyl (C=O) groups is 2. The van der Waals surface area contributed by atoms with Crippen molar-refractivity contribution in [3.05, 3.63) is 57.6 Å². The summed E-state index contributed by atoms with van der Waals surface area (Å²) in [6.07, 6.45) is 2.02. The molecular weight excluding hydrogens is 450 g/mol. The molecule has 3 rings (SSSR count). The van der Waals surface area contributed by atoms with E-state index < -0.39 is 12.1 Å². The van der Waals surface area contributed by atoms with E-state index in [-0.39, 0.29) is 17.9 Å². The van der Waals surface area contributed by atoms with Crippen LogP contribution in [0.15, 0.2) is 46.5 Å². The number of carbonyl (C=O) groups excluding carboxylic acids is 1. The van der Waals surface area contributed by atoms with Gasteiger partial charge in [0.2, 0.25) is 5.88 Å². The molecule has 0 spiro atoms. The van der Waals surface area contributed by atoms with Crippen molar-refractivity contribution in [2.75, 3.05) is 12.4 Å². The highest BCUT2D eigenvalue weighted by Gasteiger charge is 2.26. The molecule has 2 aromatic heterocycles. The van der Waals surface area contributed by atoms with Crippen LogP contribution in [0.3, 0.4) is 0 Å². The number of carboxylic acids is 1. The Kier molecular flexibility index (Phi) is 6.22. The lowest BCUT2D eigenvalue weighted by atomic mass is 10.2. The maximum atomic E-state index is 12.2. The van der Waals surface area contributed by atoms with E-state index in [1.807, 2.05) is 30.3 Å². The van der Waals surface area contributed by atoms with Crippen LogP contribution in [0.1, 0.15) is 15.9 Å². The molecule has 0 aliphatic rings. The molecule has 8 nitrogen and oxygen atoms in total. The molecule has 1 amide bonds. The minimum Gasteiger partial charge on any atom is -0.480 e. The largest absolute Gasteiger partial charge is 0.480 e. The number of nitrogens with one attached hydrogen (secondary N) is 1. The van der Waals surface area contributed by atoms with Gasteiger partial charge in [-0.05, 0) is 21.5 Å². The molecule has 0 saturated heterocycles. The summed E-state index contributed by atoms with van der Waals surface area (Å²) in [5.41, 5.74) is 1.15. The highest BCUT2D eigenvalue weighted by molar-refractivity contribution is 9.11. The second-order valence-corrected chi connectivity index (χ2v) is 7.73. The van der Waals surface area contributed by atoms with Gasteiger partial charge in [-0.3, -0.25) is 5.32 Å². The van der Waals surface area contributed by atoms with Crippen molar-refractivity contribution in [3.63, 3.8) is 0 Å². The van der Waals surface area contributed by atoms with E-state index in [4.69, 9.17) is 9.47 Å². The first-order valence-corrected chi connectivity index (χ1v) is 9.50. The van der Waals surface area contributed by atoms with Gasteiger partial charge in [-0.15, -0.1) is 11.3 Å². The molecule has 10 heteroatoms. The Hall–Kier alpha value is -2.98. The Morgan fingerprint density at radius 3 is 2.57 bits per heavy atom. The third-order valence-electron chi connectivity index (χ3n) is 3.59. The first kappa shape index (κ1) is 19.8. The summed E-state index contributed by atoms with van der Waals surface area (Å²) in [6.45, 7) is 0.0631. The average Bonchev–Trinajstić information content (AvgIpc) is 3.03. The molecule has 3 aromatic rings. The summed E-state index contributed by atoms with van der Waals surface area (Å²) in [5, 5.41) is 12.2. The Labute approximate surface area is 172 Å². The van der Waals surface area contributed by atoms with Gasteiger partial charge in [0.1, 0.15) is 12.2 Å². The van der Waals surface area contributed by atoms with E-state index in [9.17, 15) is 14.7 Å². The number of anilines is 1.